The monoisotopic (exact) mass is 363 g/mol. The van der Waals surface area contributed by atoms with Crippen molar-refractivity contribution in [3.05, 3.63) is 48.8 Å². The van der Waals surface area contributed by atoms with Crippen LogP contribution in [0.15, 0.2) is 48.8 Å². The molecule has 1 aromatic carbocycles. The van der Waals surface area contributed by atoms with E-state index < -0.39 is 12.6 Å². The van der Waals surface area contributed by atoms with Gasteiger partial charge in [0.1, 0.15) is 10.8 Å². The second kappa shape index (κ2) is 7.62. The lowest BCUT2D eigenvalue weighted by Gasteiger charge is -2.08. The molecule has 0 atom stereocenters. The average molecular weight is 363 g/mol. The van der Waals surface area contributed by atoms with Gasteiger partial charge in [0.05, 0.1) is 0 Å². The number of carbonyl (C=O) groups excluding carboxylic acids is 1. The van der Waals surface area contributed by atoms with Crippen LogP contribution < -0.4 is 15.4 Å². The fourth-order valence-corrected chi connectivity index (χ4v) is 2.64. The first-order valence-corrected chi connectivity index (χ1v) is 7.78. The van der Waals surface area contributed by atoms with E-state index in [9.17, 15) is 13.6 Å². The number of hydrogen-bond acceptors (Lipinski definition) is 6. The number of urea groups is 1. The predicted molar refractivity (Wildman–Crippen MR) is 88.9 cm³/mol. The van der Waals surface area contributed by atoms with E-state index >= 15 is 0 Å². The van der Waals surface area contributed by atoms with Crippen molar-refractivity contribution in [2.75, 3.05) is 10.6 Å². The molecule has 3 aromatic rings. The lowest BCUT2D eigenvalue weighted by atomic mass is 10.3. The van der Waals surface area contributed by atoms with E-state index in [4.69, 9.17) is 0 Å². The van der Waals surface area contributed by atoms with Crippen LogP contribution in [-0.2, 0) is 0 Å². The maximum Gasteiger partial charge on any atom is 0.387 e. The van der Waals surface area contributed by atoms with E-state index in [1.165, 1.54) is 29.5 Å². The van der Waals surface area contributed by atoms with Gasteiger partial charge in [-0.1, -0.05) is 17.4 Å². The molecule has 0 saturated heterocycles. The van der Waals surface area contributed by atoms with Gasteiger partial charge in [-0.2, -0.15) is 8.78 Å². The number of carbonyl (C=O) groups is 1. The molecular weight excluding hydrogens is 352 g/mol. The standard InChI is InChI=1S/C15H11F2N5O2S/c16-13(17)24-11-3-1-2-10(8-11)19-14(23)20-15-22-21-12(25-15)9-4-6-18-7-5-9/h1-8,13H,(H2,19,20,22,23). The number of aromatic nitrogens is 3. The lowest BCUT2D eigenvalue weighted by molar-refractivity contribution is -0.0497. The van der Waals surface area contributed by atoms with Crippen LogP contribution in [0.3, 0.4) is 0 Å². The van der Waals surface area contributed by atoms with E-state index in [0.717, 1.165) is 5.56 Å². The molecule has 2 amide bonds. The molecule has 128 valence electrons. The van der Waals surface area contributed by atoms with Gasteiger partial charge in [0, 0.05) is 29.7 Å². The summed E-state index contributed by atoms with van der Waals surface area (Å²) in [7, 11) is 0. The minimum absolute atomic E-state index is 0.0521. The number of ether oxygens (including phenoxy) is 1. The Balaban J connectivity index is 1.62. The third-order valence-corrected chi connectivity index (χ3v) is 3.78. The Morgan fingerprint density at radius 2 is 1.92 bits per heavy atom. The molecule has 0 bridgehead atoms. The van der Waals surface area contributed by atoms with Gasteiger partial charge in [-0.25, -0.2) is 4.79 Å². The van der Waals surface area contributed by atoms with Crippen LogP contribution in [0.2, 0.25) is 0 Å². The minimum Gasteiger partial charge on any atom is -0.435 e. The SMILES string of the molecule is O=C(Nc1cccc(OC(F)F)c1)Nc1nnc(-c2ccncc2)s1. The molecule has 2 heterocycles. The highest BCUT2D eigenvalue weighted by atomic mass is 32.1. The molecule has 0 aliphatic rings. The van der Waals surface area contributed by atoms with E-state index in [1.807, 2.05) is 0 Å². The van der Waals surface area contributed by atoms with Gasteiger partial charge in [0.25, 0.3) is 0 Å². The zero-order valence-corrected chi connectivity index (χ0v) is 13.3. The first-order chi connectivity index (χ1) is 12.1. The molecule has 0 spiro atoms. The number of amides is 2. The van der Waals surface area contributed by atoms with Crippen molar-refractivity contribution >= 4 is 28.2 Å². The van der Waals surface area contributed by atoms with Crippen LogP contribution in [0.5, 0.6) is 5.75 Å². The topological polar surface area (TPSA) is 89.0 Å². The van der Waals surface area contributed by atoms with Crippen molar-refractivity contribution in [1.82, 2.24) is 15.2 Å². The quantitative estimate of drug-likeness (QED) is 0.719. The molecule has 0 unspecified atom stereocenters. The normalized spacial score (nSPS) is 10.5. The second-order valence-electron chi connectivity index (χ2n) is 4.63. The Morgan fingerprint density at radius 3 is 2.68 bits per heavy atom. The summed E-state index contributed by atoms with van der Waals surface area (Å²) < 4.78 is 28.7. The number of halogens is 2. The summed E-state index contributed by atoms with van der Waals surface area (Å²) in [5.41, 5.74) is 1.13. The Bertz CT molecular complexity index is 860. The van der Waals surface area contributed by atoms with Crippen molar-refractivity contribution in [2.45, 2.75) is 6.61 Å². The molecule has 25 heavy (non-hydrogen) atoms. The van der Waals surface area contributed by atoms with Crippen LogP contribution in [0.4, 0.5) is 24.4 Å². The van der Waals surface area contributed by atoms with Gasteiger partial charge in [0.2, 0.25) is 5.13 Å². The Hall–Kier alpha value is -3.14. The number of hydrogen-bond donors (Lipinski definition) is 2. The maximum absolute atomic E-state index is 12.2. The molecule has 2 N–H and O–H groups in total. The highest BCUT2D eigenvalue weighted by Crippen LogP contribution is 2.26. The van der Waals surface area contributed by atoms with Gasteiger partial charge < -0.3 is 10.1 Å². The Labute approximate surface area is 144 Å². The number of pyridine rings is 1. The average Bonchev–Trinajstić information content (AvgIpc) is 3.03. The molecular formula is C15H11F2N5O2S. The van der Waals surface area contributed by atoms with Crippen molar-refractivity contribution < 1.29 is 18.3 Å². The molecule has 0 aliphatic heterocycles. The smallest absolute Gasteiger partial charge is 0.387 e. The molecule has 2 aromatic heterocycles. The van der Waals surface area contributed by atoms with E-state index in [1.54, 1.807) is 30.6 Å². The van der Waals surface area contributed by atoms with Gasteiger partial charge in [-0.3, -0.25) is 10.3 Å². The van der Waals surface area contributed by atoms with E-state index in [-0.39, 0.29) is 5.75 Å². The van der Waals surface area contributed by atoms with Crippen LogP contribution in [0, 0.1) is 0 Å². The summed E-state index contributed by atoms with van der Waals surface area (Å²) in [4.78, 5) is 15.9. The summed E-state index contributed by atoms with van der Waals surface area (Å²) in [6, 6.07) is 8.65. The highest BCUT2D eigenvalue weighted by Gasteiger charge is 2.10. The largest absolute Gasteiger partial charge is 0.435 e. The number of anilines is 2. The number of alkyl halides is 2. The van der Waals surface area contributed by atoms with Gasteiger partial charge in [-0.15, -0.1) is 10.2 Å². The number of nitrogens with zero attached hydrogens (tertiary/aromatic N) is 3. The van der Waals surface area contributed by atoms with Crippen molar-refractivity contribution in [2.24, 2.45) is 0 Å². The third-order valence-electron chi connectivity index (χ3n) is 2.89. The van der Waals surface area contributed by atoms with Crippen LogP contribution in [0.1, 0.15) is 0 Å². The van der Waals surface area contributed by atoms with Crippen molar-refractivity contribution in [1.29, 1.82) is 0 Å². The zero-order chi connectivity index (χ0) is 17.6. The summed E-state index contributed by atoms with van der Waals surface area (Å²) >= 11 is 1.19. The Morgan fingerprint density at radius 1 is 1.12 bits per heavy atom. The summed E-state index contributed by atoms with van der Waals surface area (Å²) in [6.07, 6.45) is 3.26. The maximum atomic E-state index is 12.2. The highest BCUT2D eigenvalue weighted by molar-refractivity contribution is 7.18. The van der Waals surface area contributed by atoms with Crippen LogP contribution in [-0.4, -0.2) is 27.8 Å². The van der Waals surface area contributed by atoms with Crippen LogP contribution >= 0.6 is 11.3 Å². The number of nitrogens with one attached hydrogen (secondary N) is 2. The van der Waals surface area contributed by atoms with Crippen LogP contribution in [0.25, 0.3) is 10.6 Å². The predicted octanol–water partition coefficient (Wildman–Crippen LogP) is 3.85. The van der Waals surface area contributed by atoms with Gasteiger partial charge in [0.15, 0.2) is 0 Å². The van der Waals surface area contributed by atoms with Gasteiger partial charge >= 0.3 is 12.6 Å². The molecule has 0 fully saturated rings. The molecule has 0 radical (unpaired) electrons. The first-order valence-electron chi connectivity index (χ1n) is 6.97. The van der Waals surface area contributed by atoms with E-state index in [0.29, 0.717) is 15.8 Å². The summed E-state index contributed by atoms with van der Waals surface area (Å²) in [5, 5.41) is 13.8. The summed E-state index contributed by atoms with van der Waals surface area (Å²) in [6.45, 7) is -2.93. The molecule has 3 rings (SSSR count). The third kappa shape index (κ3) is 4.67. The molecule has 7 nitrogen and oxygen atoms in total. The first kappa shape index (κ1) is 16.7. The summed E-state index contributed by atoms with van der Waals surface area (Å²) in [5.74, 6) is -0.0521. The van der Waals surface area contributed by atoms with Crippen molar-refractivity contribution in [3.63, 3.8) is 0 Å². The number of rotatable bonds is 5. The van der Waals surface area contributed by atoms with Crippen molar-refractivity contribution in [3.8, 4) is 16.3 Å². The molecule has 0 aliphatic carbocycles. The fourth-order valence-electron chi connectivity index (χ4n) is 1.89. The number of benzene rings is 1. The minimum atomic E-state index is -2.93. The van der Waals surface area contributed by atoms with E-state index in [2.05, 4.69) is 30.6 Å². The zero-order valence-electron chi connectivity index (χ0n) is 12.5. The van der Waals surface area contributed by atoms with Gasteiger partial charge in [-0.05, 0) is 24.3 Å². The molecule has 0 saturated carbocycles. The molecule has 10 heteroatoms. The Kier molecular flexibility index (Phi) is 5.09. The second-order valence-corrected chi connectivity index (χ2v) is 5.61. The lowest BCUT2D eigenvalue weighted by Crippen LogP contribution is -2.19. The fraction of sp³-hybridized carbons (Fsp3) is 0.0667.